The maximum atomic E-state index is 8.52. The van der Waals surface area contributed by atoms with Crippen LogP contribution in [0.2, 0.25) is 0 Å². The van der Waals surface area contributed by atoms with Crippen molar-refractivity contribution in [3.8, 4) is 0 Å². The van der Waals surface area contributed by atoms with Gasteiger partial charge in [0.1, 0.15) is 0 Å². The quantitative estimate of drug-likeness (QED) is 0.283. The van der Waals surface area contributed by atoms with E-state index in [0.717, 1.165) is 0 Å². The molecule has 0 fully saturated rings. The minimum absolute atomic E-state index is 5.17. The van der Waals surface area contributed by atoms with Gasteiger partial charge < -0.3 is 4.55 Å². The lowest BCUT2D eigenvalue weighted by Crippen LogP contribution is -1.87. The van der Waals surface area contributed by atoms with Crippen molar-refractivity contribution in [3.05, 3.63) is 0 Å². The van der Waals surface area contributed by atoms with Crippen LogP contribution in [0.25, 0.3) is 0 Å². The number of rotatable bonds is 0. The third-order valence-electron chi connectivity index (χ3n) is 0. The van der Waals surface area contributed by atoms with E-state index < -0.39 is 10.4 Å². The largest absolute Gasteiger partial charge is 0.724 e. The van der Waals surface area contributed by atoms with Crippen molar-refractivity contribution >= 4 is 10.4 Å². The van der Waals surface area contributed by atoms with Gasteiger partial charge in [-0.15, -0.1) is 4.55 Å². The fourth-order valence-corrected chi connectivity index (χ4v) is 0. The molecule has 5 heavy (non-hydrogen) atoms. The highest BCUT2D eigenvalue weighted by atomic mass is 32.3. The lowest BCUT2D eigenvalue weighted by Gasteiger charge is -1.84. The van der Waals surface area contributed by atoms with E-state index in [1.807, 2.05) is 0 Å². The van der Waals surface area contributed by atoms with E-state index in [4.69, 9.17) is 17.5 Å². The van der Waals surface area contributed by atoms with E-state index >= 15 is 0 Å². The Labute approximate surface area is 29.0 Å². The molecule has 0 N–H and O–H groups in total. The van der Waals surface area contributed by atoms with Gasteiger partial charge in [-0.2, -0.15) is 0 Å². The summed E-state index contributed by atoms with van der Waals surface area (Å²) in [7, 11) is -5.17. The first kappa shape index (κ1) is 4.87. The Morgan fingerprint density at radius 1 is 1.40 bits per heavy atom. The van der Waals surface area contributed by atoms with E-state index in [1.54, 1.807) is 0 Å². The fourth-order valence-electron chi connectivity index (χ4n) is 0. The van der Waals surface area contributed by atoms with Crippen LogP contribution in [0.5, 0.6) is 0 Å². The van der Waals surface area contributed by atoms with Gasteiger partial charge in [-0.25, -0.2) is 8.42 Å². The molecule has 0 rings (SSSR count). The topological polar surface area (TPSA) is 77.1 Å². The Kier molecular flexibility index (Phi) is 0.901. The maximum absolute atomic E-state index is 8.52. The summed E-state index contributed by atoms with van der Waals surface area (Å²) >= 11 is 0. The lowest BCUT2D eigenvalue weighted by molar-refractivity contribution is 0.319. The van der Waals surface area contributed by atoms with Crippen LogP contribution >= 0.6 is 0 Å². The molecule has 0 saturated heterocycles. The first-order valence-corrected chi connectivity index (χ1v) is 2.00. The van der Waals surface area contributed by atoms with Crippen LogP contribution in [-0.4, -0.2) is 13.0 Å². The van der Waals surface area contributed by atoms with Crippen molar-refractivity contribution in [1.29, 1.82) is 0 Å². The molecule has 0 aromatic rings. The van der Waals surface area contributed by atoms with Crippen LogP contribution < -0.4 is 0 Å². The van der Waals surface area contributed by atoms with Crippen molar-refractivity contribution in [2.24, 2.45) is 0 Å². The Bertz CT molecular complexity index is 86.8. The Morgan fingerprint density at radius 2 is 1.40 bits per heavy atom. The molecule has 0 aliphatic carbocycles. The molecule has 4 nitrogen and oxygen atoms in total. The highest BCUT2D eigenvalue weighted by Crippen LogP contribution is 1.61. The molecule has 0 saturated carbocycles. The van der Waals surface area contributed by atoms with E-state index in [2.05, 4.69) is 0 Å². The molecule has 0 atom stereocenters. The summed E-state index contributed by atoms with van der Waals surface area (Å²) in [5.41, 5.74) is 0. The first-order valence-electron chi connectivity index (χ1n) is 0.667. The summed E-state index contributed by atoms with van der Waals surface area (Å²) in [4.78, 5) is 0. The second-order valence-electron chi connectivity index (χ2n) is 0.408. The normalized spacial score (nSPS) is 11.6. The van der Waals surface area contributed by atoms with Crippen LogP contribution in [0.4, 0.5) is 0 Å². The summed E-state index contributed by atoms with van der Waals surface area (Å²) in [6.07, 6.45) is 0. The zero-order chi connectivity index (χ0) is 4.50. The average molecular weight is 96.1 g/mol. The van der Waals surface area contributed by atoms with Crippen LogP contribution in [0.1, 0.15) is 0 Å². The summed E-state index contributed by atoms with van der Waals surface area (Å²) in [5, 5.41) is 0. The molecule has 31 valence electrons. The van der Waals surface area contributed by atoms with Crippen LogP contribution in [0, 0.1) is 0 Å². The minimum atomic E-state index is -5.17. The number of hydrogen-bond donors (Lipinski definition) is 0. The lowest BCUT2D eigenvalue weighted by atomic mass is 15.8. The molecule has 0 aromatic heterocycles. The summed E-state index contributed by atoms with van der Waals surface area (Å²) in [6, 6.07) is 0. The monoisotopic (exact) mass is 96.0 g/mol. The zero-order valence-electron chi connectivity index (χ0n) is 2.04. The van der Waals surface area contributed by atoms with Crippen molar-refractivity contribution in [3.63, 3.8) is 0 Å². The molecule has 0 aliphatic heterocycles. The van der Waals surface area contributed by atoms with Crippen LogP contribution in [0.3, 0.4) is 0 Å². The molecule has 0 aliphatic rings. The van der Waals surface area contributed by atoms with Gasteiger partial charge in [-0.1, -0.05) is 0 Å². The van der Waals surface area contributed by atoms with Gasteiger partial charge in [0.05, 0.1) is 0 Å². The molecule has 1 radical (unpaired) electrons. The predicted molar refractivity (Wildman–Crippen MR) is 10.4 cm³/mol. The summed E-state index contributed by atoms with van der Waals surface area (Å²) in [5.74, 6) is 0. The second kappa shape index (κ2) is 0.925. The van der Waals surface area contributed by atoms with Gasteiger partial charge in [0.25, 0.3) is 0 Å². The van der Waals surface area contributed by atoms with Gasteiger partial charge in [-0.05, 0) is 0 Å². The molecular formula is O4S-. The summed E-state index contributed by atoms with van der Waals surface area (Å²) < 4.78 is 34.1. The van der Waals surface area contributed by atoms with Crippen LogP contribution in [-0.2, 0) is 15.0 Å². The van der Waals surface area contributed by atoms with E-state index in [0.29, 0.717) is 0 Å². The molecule has 5 heteroatoms. The third kappa shape index (κ3) is 801. The Balaban J connectivity index is 4.06. The SMILES string of the molecule is [O]S(=O)(=O)[O-]. The van der Waals surface area contributed by atoms with Crippen molar-refractivity contribution < 1.29 is 17.5 Å². The van der Waals surface area contributed by atoms with Crippen molar-refractivity contribution in [2.75, 3.05) is 0 Å². The van der Waals surface area contributed by atoms with E-state index in [9.17, 15) is 0 Å². The van der Waals surface area contributed by atoms with Gasteiger partial charge in [0, 0.05) is 0 Å². The molecule has 0 spiro atoms. The zero-order valence-corrected chi connectivity index (χ0v) is 2.86. The fraction of sp³-hybridized carbons (Fsp3) is 0. The molecular weight excluding hydrogens is 96.1 g/mol. The van der Waals surface area contributed by atoms with E-state index in [-0.39, 0.29) is 0 Å². The van der Waals surface area contributed by atoms with Gasteiger partial charge in [0.15, 0.2) is 0 Å². The number of hydrogen-bond acceptors (Lipinski definition) is 3. The van der Waals surface area contributed by atoms with Gasteiger partial charge in [-0.3, -0.25) is 0 Å². The maximum Gasteiger partial charge on any atom is 0.246 e. The average Bonchev–Trinajstić information content (AvgIpc) is 0.722. The molecule has 0 heterocycles. The predicted octanol–water partition coefficient (Wildman–Crippen LogP) is -1.12. The van der Waals surface area contributed by atoms with Crippen molar-refractivity contribution in [1.82, 2.24) is 0 Å². The highest BCUT2D eigenvalue weighted by molar-refractivity contribution is 7.79. The van der Waals surface area contributed by atoms with Gasteiger partial charge in [0.2, 0.25) is 10.4 Å². The first-order chi connectivity index (χ1) is 2.00. The molecule has 0 bridgehead atoms. The Morgan fingerprint density at radius 3 is 1.40 bits per heavy atom. The molecule has 0 amide bonds. The third-order valence-corrected chi connectivity index (χ3v) is 0. The standard InChI is InChI=1S/HO4S/c1-5(2,3)4/h(H,1,2,3)/p-1. The minimum Gasteiger partial charge on any atom is -0.724 e. The highest BCUT2D eigenvalue weighted by Gasteiger charge is 1.72. The second-order valence-corrected chi connectivity index (χ2v) is 1.22. The summed E-state index contributed by atoms with van der Waals surface area (Å²) in [6.45, 7) is 0. The van der Waals surface area contributed by atoms with Gasteiger partial charge >= 0.3 is 0 Å². The molecule has 0 aromatic carbocycles. The Hall–Kier alpha value is -0.130. The smallest absolute Gasteiger partial charge is 0.246 e. The van der Waals surface area contributed by atoms with E-state index in [1.165, 1.54) is 0 Å². The van der Waals surface area contributed by atoms with Crippen molar-refractivity contribution in [2.45, 2.75) is 0 Å². The molecule has 0 unspecified atom stereocenters. The van der Waals surface area contributed by atoms with Crippen LogP contribution in [0.15, 0.2) is 0 Å².